The minimum Gasteiger partial charge on any atom is -0.478 e. The number of nitrogens with zero attached hydrogens (tertiary/aromatic N) is 5. The average molecular weight is 407 g/mol. The predicted molar refractivity (Wildman–Crippen MR) is 119 cm³/mol. The molecule has 0 amide bonds. The van der Waals surface area contributed by atoms with E-state index in [1.54, 1.807) is 18.6 Å². The summed E-state index contributed by atoms with van der Waals surface area (Å²) in [6.45, 7) is 2.49. The fourth-order valence-electron chi connectivity index (χ4n) is 3.46. The van der Waals surface area contributed by atoms with Crippen molar-refractivity contribution in [3.8, 4) is 11.9 Å². The molecule has 0 aliphatic carbocycles. The molecule has 0 saturated heterocycles. The van der Waals surface area contributed by atoms with Crippen LogP contribution in [-0.4, -0.2) is 21.6 Å². The molecule has 0 bridgehead atoms. The third-order valence-electron chi connectivity index (χ3n) is 4.83. The van der Waals surface area contributed by atoms with Gasteiger partial charge in [0, 0.05) is 24.7 Å². The van der Waals surface area contributed by atoms with Gasteiger partial charge in [-0.2, -0.15) is 5.26 Å². The van der Waals surface area contributed by atoms with Gasteiger partial charge in [0.25, 0.3) is 0 Å². The molecule has 152 valence electrons. The molecule has 3 aromatic heterocycles. The molecular formula is C25H21N5O. The first-order valence-corrected chi connectivity index (χ1v) is 9.98. The van der Waals surface area contributed by atoms with E-state index in [-0.39, 0.29) is 6.04 Å². The molecule has 1 unspecified atom stereocenters. The van der Waals surface area contributed by atoms with Gasteiger partial charge < -0.3 is 9.64 Å². The lowest BCUT2D eigenvalue weighted by molar-refractivity contribution is 0.327. The van der Waals surface area contributed by atoms with E-state index in [0.717, 1.165) is 22.5 Å². The molecule has 0 saturated carbocycles. The summed E-state index contributed by atoms with van der Waals surface area (Å²) in [6.07, 6.45) is 8.98. The third kappa shape index (κ3) is 4.51. The van der Waals surface area contributed by atoms with Crippen molar-refractivity contribution >= 4 is 11.4 Å². The Kier molecular flexibility index (Phi) is 6.15. The standard InChI is InChI=1S/C25H21N5O/c1-2-31-24-12-11-23(18-29-24)30(22-6-4-14-28-17-22)25(21-5-3-13-27-16-21)20-9-7-19(15-26)8-10-20/h3-14,16-18,25H,2H2,1H3. The van der Waals surface area contributed by atoms with E-state index in [1.807, 2.05) is 80.0 Å². The number of anilines is 2. The van der Waals surface area contributed by atoms with E-state index in [1.165, 1.54) is 0 Å². The number of nitriles is 1. The molecule has 0 N–H and O–H groups in total. The Hall–Kier alpha value is -4.24. The van der Waals surface area contributed by atoms with Gasteiger partial charge in [-0.15, -0.1) is 0 Å². The van der Waals surface area contributed by atoms with Gasteiger partial charge in [0.1, 0.15) is 0 Å². The monoisotopic (exact) mass is 407 g/mol. The molecular weight excluding hydrogens is 386 g/mol. The van der Waals surface area contributed by atoms with Crippen molar-refractivity contribution in [1.82, 2.24) is 15.0 Å². The van der Waals surface area contributed by atoms with Gasteiger partial charge in [-0.25, -0.2) is 4.98 Å². The second-order valence-electron chi connectivity index (χ2n) is 6.79. The minimum atomic E-state index is -0.203. The molecule has 6 nitrogen and oxygen atoms in total. The smallest absolute Gasteiger partial charge is 0.213 e. The fourth-order valence-corrected chi connectivity index (χ4v) is 3.46. The second kappa shape index (κ2) is 9.51. The highest BCUT2D eigenvalue weighted by Gasteiger charge is 2.25. The van der Waals surface area contributed by atoms with Crippen molar-refractivity contribution in [1.29, 1.82) is 5.26 Å². The topological polar surface area (TPSA) is 74.9 Å². The molecule has 3 heterocycles. The highest BCUT2D eigenvalue weighted by molar-refractivity contribution is 5.66. The number of aromatic nitrogens is 3. The maximum Gasteiger partial charge on any atom is 0.213 e. The van der Waals surface area contributed by atoms with Crippen molar-refractivity contribution in [2.24, 2.45) is 0 Å². The van der Waals surface area contributed by atoms with Gasteiger partial charge >= 0.3 is 0 Å². The van der Waals surface area contributed by atoms with Crippen molar-refractivity contribution < 1.29 is 4.74 Å². The molecule has 0 aliphatic heterocycles. The van der Waals surface area contributed by atoms with Crippen LogP contribution in [0.2, 0.25) is 0 Å². The van der Waals surface area contributed by atoms with E-state index in [0.29, 0.717) is 18.1 Å². The minimum absolute atomic E-state index is 0.203. The van der Waals surface area contributed by atoms with Gasteiger partial charge in [-0.05, 0) is 54.4 Å². The van der Waals surface area contributed by atoms with E-state index in [9.17, 15) is 5.26 Å². The lowest BCUT2D eigenvalue weighted by Crippen LogP contribution is -2.25. The van der Waals surface area contributed by atoms with Crippen LogP contribution in [0, 0.1) is 11.3 Å². The quantitative estimate of drug-likeness (QED) is 0.426. The van der Waals surface area contributed by atoms with Crippen LogP contribution < -0.4 is 9.64 Å². The number of rotatable bonds is 7. The van der Waals surface area contributed by atoms with E-state index in [2.05, 4.69) is 25.9 Å². The SMILES string of the molecule is CCOc1ccc(N(c2cccnc2)C(c2ccc(C#N)cc2)c2cccnc2)cn1. The van der Waals surface area contributed by atoms with Gasteiger partial charge in [0.05, 0.1) is 48.0 Å². The van der Waals surface area contributed by atoms with E-state index < -0.39 is 0 Å². The summed E-state index contributed by atoms with van der Waals surface area (Å²) in [7, 11) is 0. The largest absolute Gasteiger partial charge is 0.478 e. The first-order valence-electron chi connectivity index (χ1n) is 9.98. The predicted octanol–water partition coefficient (Wildman–Crippen LogP) is 5.07. The summed E-state index contributed by atoms with van der Waals surface area (Å²) in [6, 6.07) is 21.3. The first kappa shape index (κ1) is 20.0. The lowest BCUT2D eigenvalue weighted by atomic mass is 9.96. The van der Waals surface area contributed by atoms with Crippen LogP contribution in [0.3, 0.4) is 0 Å². The summed E-state index contributed by atoms with van der Waals surface area (Å²) in [5, 5.41) is 9.22. The Labute approximate surface area is 181 Å². The number of pyridine rings is 3. The van der Waals surface area contributed by atoms with Crippen molar-refractivity contribution in [3.63, 3.8) is 0 Å². The van der Waals surface area contributed by atoms with Gasteiger partial charge in [-0.1, -0.05) is 18.2 Å². The van der Waals surface area contributed by atoms with Crippen LogP contribution in [0.4, 0.5) is 11.4 Å². The molecule has 0 fully saturated rings. The highest BCUT2D eigenvalue weighted by atomic mass is 16.5. The van der Waals surface area contributed by atoms with Crippen LogP contribution in [0.15, 0.2) is 91.6 Å². The number of hydrogen-bond acceptors (Lipinski definition) is 6. The fraction of sp³-hybridized carbons (Fsp3) is 0.120. The zero-order valence-electron chi connectivity index (χ0n) is 17.1. The molecule has 4 aromatic rings. The van der Waals surface area contributed by atoms with Crippen LogP contribution in [0.25, 0.3) is 0 Å². The Morgan fingerprint density at radius 1 is 0.871 bits per heavy atom. The van der Waals surface area contributed by atoms with Gasteiger partial charge in [-0.3, -0.25) is 9.97 Å². The third-order valence-corrected chi connectivity index (χ3v) is 4.83. The van der Waals surface area contributed by atoms with E-state index >= 15 is 0 Å². The Balaban J connectivity index is 1.88. The zero-order chi connectivity index (χ0) is 21.5. The summed E-state index contributed by atoms with van der Waals surface area (Å²) < 4.78 is 5.52. The normalized spacial score (nSPS) is 11.4. The summed E-state index contributed by atoms with van der Waals surface area (Å²) in [5.74, 6) is 0.577. The molecule has 31 heavy (non-hydrogen) atoms. The average Bonchev–Trinajstić information content (AvgIpc) is 2.84. The summed E-state index contributed by atoms with van der Waals surface area (Å²) in [5.41, 5.74) is 4.43. The molecule has 1 atom stereocenters. The maximum atomic E-state index is 9.22. The molecule has 0 radical (unpaired) electrons. The van der Waals surface area contributed by atoms with Gasteiger partial charge in [0.2, 0.25) is 5.88 Å². The molecule has 1 aromatic carbocycles. The zero-order valence-corrected chi connectivity index (χ0v) is 17.1. The number of hydrogen-bond donors (Lipinski definition) is 0. The summed E-state index contributed by atoms with van der Waals surface area (Å²) >= 11 is 0. The van der Waals surface area contributed by atoms with Crippen LogP contribution in [0.1, 0.15) is 29.7 Å². The number of ether oxygens (including phenoxy) is 1. The van der Waals surface area contributed by atoms with Crippen LogP contribution in [0.5, 0.6) is 5.88 Å². The number of benzene rings is 1. The second-order valence-corrected chi connectivity index (χ2v) is 6.79. The lowest BCUT2D eigenvalue weighted by Gasteiger charge is -2.34. The highest BCUT2D eigenvalue weighted by Crippen LogP contribution is 2.38. The molecule has 0 spiro atoms. The Bertz CT molecular complexity index is 1140. The first-order chi connectivity index (χ1) is 15.3. The van der Waals surface area contributed by atoms with Crippen molar-refractivity contribution in [2.75, 3.05) is 11.5 Å². The van der Waals surface area contributed by atoms with Crippen molar-refractivity contribution in [2.45, 2.75) is 13.0 Å². The summed E-state index contributed by atoms with van der Waals surface area (Å²) in [4.78, 5) is 15.3. The van der Waals surface area contributed by atoms with E-state index in [4.69, 9.17) is 4.74 Å². The molecule has 6 heteroatoms. The Morgan fingerprint density at radius 2 is 1.61 bits per heavy atom. The van der Waals surface area contributed by atoms with Crippen LogP contribution >= 0.6 is 0 Å². The molecule has 4 rings (SSSR count). The van der Waals surface area contributed by atoms with Crippen LogP contribution in [-0.2, 0) is 0 Å². The van der Waals surface area contributed by atoms with Gasteiger partial charge in [0.15, 0.2) is 0 Å². The maximum absolute atomic E-state index is 9.22. The Morgan fingerprint density at radius 3 is 2.19 bits per heavy atom. The van der Waals surface area contributed by atoms with Crippen molar-refractivity contribution in [3.05, 3.63) is 108 Å². The molecule has 0 aliphatic rings.